The summed E-state index contributed by atoms with van der Waals surface area (Å²) < 4.78 is 5.18. The predicted molar refractivity (Wildman–Crippen MR) is 82.1 cm³/mol. The molecular weight excluding hydrogens is 360 g/mol. The molecule has 0 aromatic carbocycles. The summed E-state index contributed by atoms with van der Waals surface area (Å²) in [6, 6.07) is -0.712. The summed E-state index contributed by atoms with van der Waals surface area (Å²) in [5, 5.41) is 24.8. The Labute approximate surface area is 143 Å². The predicted octanol–water partition coefficient (Wildman–Crippen LogP) is -0.632. The van der Waals surface area contributed by atoms with Gasteiger partial charge in [0.05, 0.1) is 0 Å². The average Bonchev–Trinajstić information content (AvgIpc) is 2.97. The van der Waals surface area contributed by atoms with E-state index in [1.165, 1.54) is 34.5 Å². The Bertz CT molecular complexity index is 735. The van der Waals surface area contributed by atoms with Gasteiger partial charge in [-0.25, -0.2) is 4.79 Å². The first-order valence-electron chi connectivity index (χ1n) is 6.73. The lowest BCUT2D eigenvalue weighted by Crippen LogP contribution is -2.68. The molecule has 12 heteroatoms. The minimum Gasteiger partial charge on any atom is -0.481 e. The summed E-state index contributed by atoms with van der Waals surface area (Å²) in [6.45, 7) is 0. The fourth-order valence-electron chi connectivity index (χ4n) is 2.27. The second-order valence-corrected chi connectivity index (χ2v) is 7.33. The summed E-state index contributed by atoms with van der Waals surface area (Å²) in [7, 11) is 0. The first kappa shape index (κ1) is 16.8. The van der Waals surface area contributed by atoms with Crippen LogP contribution < -0.4 is 5.73 Å². The van der Waals surface area contributed by atoms with E-state index in [0.29, 0.717) is 5.75 Å². The zero-order valence-corrected chi connectivity index (χ0v) is 13.6. The van der Waals surface area contributed by atoms with Crippen molar-refractivity contribution in [3.63, 3.8) is 0 Å². The molecule has 2 aliphatic heterocycles. The molecule has 0 aliphatic carbocycles. The van der Waals surface area contributed by atoms with Crippen LogP contribution >= 0.6 is 23.5 Å². The minimum absolute atomic E-state index is 0.000788. The van der Waals surface area contributed by atoms with E-state index in [1.807, 2.05) is 0 Å². The number of carboxylic acids is 2. The Morgan fingerprint density at radius 2 is 2.17 bits per heavy atom. The van der Waals surface area contributed by atoms with E-state index in [0.717, 1.165) is 0 Å². The molecule has 0 spiro atoms. The van der Waals surface area contributed by atoms with E-state index in [-0.39, 0.29) is 28.5 Å². The molecule has 3 rings (SSSR count). The zero-order valence-electron chi connectivity index (χ0n) is 12.0. The molecule has 10 nitrogen and oxygen atoms in total. The second kappa shape index (κ2) is 6.45. The number of rotatable bonds is 6. The highest BCUT2D eigenvalue weighted by Gasteiger charge is 2.51. The molecule has 3 atom stereocenters. The maximum atomic E-state index is 11.7. The third-order valence-corrected chi connectivity index (χ3v) is 5.93. The van der Waals surface area contributed by atoms with E-state index >= 15 is 0 Å². The number of hydrogen-bond acceptors (Lipinski definition) is 9. The van der Waals surface area contributed by atoms with Crippen molar-refractivity contribution in [1.29, 1.82) is 0 Å². The Morgan fingerprint density at radius 3 is 2.83 bits per heavy atom. The van der Waals surface area contributed by atoms with Crippen LogP contribution in [0.2, 0.25) is 0 Å². The summed E-state index contributed by atoms with van der Waals surface area (Å²) in [6.07, 6.45) is 1.14. The fraction of sp³-hybridized carbons (Fsp3) is 0.417. The first-order chi connectivity index (χ1) is 11.4. The highest BCUT2D eigenvalue weighted by molar-refractivity contribution is 8.03. The number of fused-ring (bicyclic) bond motifs is 1. The van der Waals surface area contributed by atoms with Crippen molar-refractivity contribution in [1.82, 2.24) is 15.1 Å². The number of carbonyl (C=O) groups excluding carboxylic acids is 1. The molecule has 1 aromatic heterocycles. The van der Waals surface area contributed by atoms with Crippen LogP contribution in [0.1, 0.15) is 5.89 Å². The number of carboxylic acid groups (broad SMARTS) is 2. The lowest BCUT2D eigenvalue weighted by atomic mass is 10.1. The first-order valence-corrected chi connectivity index (χ1v) is 8.66. The van der Waals surface area contributed by atoms with Crippen molar-refractivity contribution in [2.24, 2.45) is 5.73 Å². The van der Waals surface area contributed by atoms with Crippen LogP contribution in [0.5, 0.6) is 0 Å². The third-order valence-electron chi connectivity index (χ3n) is 3.34. The SMILES string of the molecule is NC1C(=O)N2C(C(=O)O)=CC(CSc3nnc(CC(=O)O)o3)S[C@H]12. The number of hydrogen-bond donors (Lipinski definition) is 3. The van der Waals surface area contributed by atoms with Gasteiger partial charge in [0.25, 0.3) is 5.22 Å². The van der Waals surface area contributed by atoms with Gasteiger partial charge in [-0.2, -0.15) is 0 Å². The van der Waals surface area contributed by atoms with Crippen LogP contribution in [0.25, 0.3) is 0 Å². The maximum Gasteiger partial charge on any atom is 0.352 e. The second-order valence-electron chi connectivity index (χ2n) is 5.00. The van der Waals surface area contributed by atoms with Crippen LogP contribution in [-0.2, 0) is 20.8 Å². The van der Waals surface area contributed by atoms with Gasteiger partial charge in [0.15, 0.2) is 0 Å². The van der Waals surface area contributed by atoms with E-state index in [2.05, 4.69) is 10.2 Å². The molecule has 3 heterocycles. The van der Waals surface area contributed by atoms with Crippen molar-refractivity contribution < 1.29 is 29.0 Å². The zero-order chi connectivity index (χ0) is 17.4. The molecule has 4 N–H and O–H groups in total. The largest absolute Gasteiger partial charge is 0.481 e. The quantitative estimate of drug-likeness (QED) is 0.431. The molecular formula is C12H12N4O6S2. The summed E-state index contributed by atoms with van der Waals surface area (Å²) in [4.78, 5) is 34.8. The highest BCUT2D eigenvalue weighted by atomic mass is 32.2. The maximum absolute atomic E-state index is 11.7. The van der Waals surface area contributed by atoms with Gasteiger partial charge in [0.2, 0.25) is 11.8 Å². The lowest BCUT2D eigenvalue weighted by Gasteiger charge is -2.48. The van der Waals surface area contributed by atoms with Gasteiger partial charge in [-0.1, -0.05) is 11.8 Å². The van der Waals surface area contributed by atoms with E-state index in [4.69, 9.17) is 15.3 Å². The van der Waals surface area contributed by atoms with Gasteiger partial charge in [-0.15, -0.1) is 22.0 Å². The number of carbonyl (C=O) groups is 3. The third kappa shape index (κ3) is 3.12. The molecule has 0 saturated carbocycles. The van der Waals surface area contributed by atoms with Gasteiger partial charge in [-0.3, -0.25) is 14.5 Å². The van der Waals surface area contributed by atoms with Gasteiger partial charge in [-0.05, 0) is 6.08 Å². The molecule has 2 unspecified atom stereocenters. The standard InChI is InChI=1S/C12H12N4O6S2/c13-8-9(19)16-5(11(20)21)1-4(24-10(8)16)3-23-12-15-14-6(22-12)2-7(17)18/h1,4,8,10H,2-3,13H2,(H,17,18)(H,20,21)/t4?,8?,10-/m1/s1. The minimum atomic E-state index is -1.18. The number of aliphatic carboxylic acids is 2. The van der Waals surface area contributed by atoms with Gasteiger partial charge >= 0.3 is 11.9 Å². The Balaban J connectivity index is 1.66. The van der Waals surface area contributed by atoms with Crippen molar-refractivity contribution in [3.8, 4) is 0 Å². The number of nitrogens with two attached hydrogens (primary N) is 1. The van der Waals surface area contributed by atoms with E-state index in [9.17, 15) is 19.5 Å². The monoisotopic (exact) mass is 372 g/mol. The Hall–Kier alpha value is -2.05. The molecule has 0 radical (unpaired) electrons. The molecule has 24 heavy (non-hydrogen) atoms. The fourth-order valence-corrected chi connectivity index (χ4v) is 4.64. The molecule has 1 saturated heterocycles. The van der Waals surface area contributed by atoms with Crippen LogP contribution in [0.15, 0.2) is 21.4 Å². The average molecular weight is 372 g/mol. The molecule has 0 bridgehead atoms. The Morgan fingerprint density at radius 1 is 1.42 bits per heavy atom. The van der Waals surface area contributed by atoms with Crippen molar-refractivity contribution in [2.45, 2.75) is 28.3 Å². The van der Waals surface area contributed by atoms with E-state index < -0.39 is 29.3 Å². The number of amides is 1. The normalized spacial score (nSPS) is 25.7. The topological polar surface area (TPSA) is 160 Å². The molecule has 128 valence electrons. The van der Waals surface area contributed by atoms with Gasteiger partial charge in [0, 0.05) is 11.0 Å². The summed E-state index contributed by atoms with van der Waals surface area (Å²) >= 11 is 2.57. The smallest absolute Gasteiger partial charge is 0.352 e. The van der Waals surface area contributed by atoms with Crippen molar-refractivity contribution in [3.05, 3.63) is 17.7 Å². The van der Waals surface area contributed by atoms with Crippen molar-refractivity contribution >= 4 is 41.4 Å². The Kier molecular flexibility index (Phi) is 4.51. The number of nitrogens with zero attached hydrogens (tertiary/aromatic N) is 3. The van der Waals surface area contributed by atoms with Gasteiger partial charge < -0.3 is 20.4 Å². The summed E-state index contributed by atoms with van der Waals surface area (Å²) in [5.74, 6) is -2.24. The van der Waals surface area contributed by atoms with Crippen LogP contribution in [0, 0.1) is 0 Å². The van der Waals surface area contributed by atoms with Crippen molar-refractivity contribution in [2.75, 3.05) is 5.75 Å². The molecule has 1 aromatic rings. The van der Waals surface area contributed by atoms with Crippen LogP contribution in [0.4, 0.5) is 0 Å². The highest BCUT2D eigenvalue weighted by Crippen LogP contribution is 2.41. The molecule has 2 aliphatic rings. The number of thioether (sulfide) groups is 2. The number of aromatic nitrogens is 2. The van der Waals surface area contributed by atoms with Gasteiger partial charge in [0.1, 0.15) is 23.5 Å². The lowest BCUT2D eigenvalue weighted by molar-refractivity contribution is -0.147. The number of β-lactam (4-membered cyclic amide) rings is 1. The van der Waals surface area contributed by atoms with E-state index in [1.54, 1.807) is 0 Å². The summed E-state index contributed by atoms with van der Waals surface area (Å²) in [5.41, 5.74) is 5.65. The van der Waals surface area contributed by atoms with Crippen LogP contribution in [-0.4, -0.2) is 65.6 Å². The molecule has 1 fully saturated rings. The van der Waals surface area contributed by atoms with Crippen LogP contribution in [0.3, 0.4) is 0 Å². The molecule has 1 amide bonds.